The summed E-state index contributed by atoms with van der Waals surface area (Å²) in [5.41, 5.74) is 2.09. The first-order valence-electron chi connectivity index (χ1n) is 10.4. The van der Waals surface area contributed by atoms with Gasteiger partial charge in [-0.05, 0) is 32.8 Å². The van der Waals surface area contributed by atoms with Crippen LogP contribution in [0.25, 0.3) is 11.4 Å². The van der Waals surface area contributed by atoms with Crippen molar-refractivity contribution in [3.8, 4) is 11.4 Å². The standard InChI is InChI=1S/C22H29N5O2S/c1-4-13-27-19(17-10-8-9-15(2)14-17)25-26-22(27)30-16(3)20(28)24-21(29)23-18-11-6-5-7-12-18/h4,8-10,14,16,18H,1,5-7,11-13H2,2-3H3,(H2,23,24,28,29). The first-order valence-corrected chi connectivity index (χ1v) is 11.2. The summed E-state index contributed by atoms with van der Waals surface area (Å²) in [7, 11) is 0. The predicted molar refractivity (Wildman–Crippen MR) is 119 cm³/mol. The summed E-state index contributed by atoms with van der Waals surface area (Å²) in [6.45, 7) is 8.13. The Balaban J connectivity index is 1.65. The van der Waals surface area contributed by atoms with Crippen LogP contribution in [0.3, 0.4) is 0 Å². The third-order valence-corrected chi connectivity index (χ3v) is 6.21. The van der Waals surface area contributed by atoms with Crippen molar-refractivity contribution in [2.45, 2.75) is 68.9 Å². The number of benzene rings is 1. The van der Waals surface area contributed by atoms with Crippen molar-refractivity contribution in [3.63, 3.8) is 0 Å². The quantitative estimate of drug-likeness (QED) is 0.513. The van der Waals surface area contributed by atoms with Crippen molar-refractivity contribution in [2.75, 3.05) is 0 Å². The van der Waals surface area contributed by atoms with Gasteiger partial charge in [0.1, 0.15) is 0 Å². The molecule has 8 heteroatoms. The number of aryl methyl sites for hydroxylation is 1. The maximum absolute atomic E-state index is 12.5. The maximum atomic E-state index is 12.5. The van der Waals surface area contributed by atoms with Gasteiger partial charge in [-0.2, -0.15) is 0 Å². The minimum atomic E-state index is -0.500. The van der Waals surface area contributed by atoms with E-state index in [4.69, 9.17) is 0 Å². The number of hydrogen-bond acceptors (Lipinski definition) is 5. The number of urea groups is 1. The molecule has 1 aliphatic rings. The maximum Gasteiger partial charge on any atom is 0.321 e. The van der Waals surface area contributed by atoms with Gasteiger partial charge in [0.15, 0.2) is 11.0 Å². The highest BCUT2D eigenvalue weighted by molar-refractivity contribution is 8.00. The molecule has 2 N–H and O–H groups in total. The Kier molecular flexibility index (Phi) is 7.68. The molecule has 2 aromatic rings. The molecular weight excluding hydrogens is 398 g/mol. The van der Waals surface area contributed by atoms with Crippen LogP contribution in [0, 0.1) is 6.92 Å². The molecule has 0 radical (unpaired) electrons. The van der Waals surface area contributed by atoms with E-state index in [9.17, 15) is 9.59 Å². The van der Waals surface area contributed by atoms with E-state index >= 15 is 0 Å². The Hall–Kier alpha value is -2.61. The summed E-state index contributed by atoms with van der Waals surface area (Å²) in [6, 6.07) is 7.76. The molecule has 1 fully saturated rings. The van der Waals surface area contributed by atoms with Crippen molar-refractivity contribution < 1.29 is 9.59 Å². The van der Waals surface area contributed by atoms with Crippen LogP contribution in [0.4, 0.5) is 4.79 Å². The zero-order valence-corrected chi connectivity index (χ0v) is 18.4. The number of rotatable bonds is 7. The zero-order valence-electron chi connectivity index (χ0n) is 17.6. The minimum Gasteiger partial charge on any atom is -0.335 e. The van der Waals surface area contributed by atoms with Gasteiger partial charge in [-0.1, -0.05) is 60.9 Å². The van der Waals surface area contributed by atoms with Gasteiger partial charge in [-0.3, -0.25) is 14.7 Å². The number of nitrogens with zero attached hydrogens (tertiary/aromatic N) is 3. The molecule has 160 valence electrons. The molecule has 0 aliphatic heterocycles. The van der Waals surface area contributed by atoms with Crippen LogP contribution in [0.5, 0.6) is 0 Å². The van der Waals surface area contributed by atoms with Gasteiger partial charge in [0.2, 0.25) is 5.91 Å². The molecule has 1 aliphatic carbocycles. The van der Waals surface area contributed by atoms with Gasteiger partial charge < -0.3 is 5.32 Å². The largest absolute Gasteiger partial charge is 0.335 e. The molecule has 0 bridgehead atoms. The molecule has 0 spiro atoms. The number of thioether (sulfide) groups is 1. The Morgan fingerprint density at radius 3 is 2.77 bits per heavy atom. The summed E-state index contributed by atoms with van der Waals surface area (Å²) in [5.74, 6) is 0.377. The number of carbonyl (C=O) groups excluding carboxylic acids is 2. The molecule has 3 amide bonds. The Morgan fingerprint density at radius 1 is 1.30 bits per heavy atom. The Bertz CT molecular complexity index is 905. The Labute approximate surface area is 181 Å². The topological polar surface area (TPSA) is 88.9 Å². The molecule has 1 unspecified atom stereocenters. The lowest BCUT2D eigenvalue weighted by Crippen LogP contribution is -2.47. The second-order valence-corrected chi connectivity index (χ2v) is 8.94. The smallest absolute Gasteiger partial charge is 0.321 e. The van der Waals surface area contributed by atoms with Crippen LogP contribution in [0.2, 0.25) is 0 Å². The summed E-state index contributed by atoms with van der Waals surface area (Å²) >= 11 is 1.28. The van der Waals surface area contributed by atoms with E-state index in [1.54, 1.807) is 13.0 Å². The van der Waals surface area contributed by atoms with Crippen LogP contribution in [0.15, 0.2) is 42.1 Å². The molecule has 30 heavy (non-hydrogen) atoms. The van der Waals surface area contributed by atoms with Gasteiger partial charge in [-0.25, -0.2) is 4.79 Å². The summed E-state index contributed by atoms with van der Waals surface area (Å²) in [4.78, 5) is 24.7. The van der Waals surface area contributed by atoms with Crippen LogP contribution in [-0.2, 0) is 11.3 Å². The van der Waals surface area contributed by atoms with E-state index in [1.807, 2.05) is 35.8 Å². The number of nitrogens with one attached hydrogen (secondary N) is 2. The molecular formula is C22H29N5O2S. The van der Waals surface area contributed by atoms with Crippen molar-refractivity contribution in [1.29, 1.82) is 0 Å². The van der Waals surface area contributed by atoms with Gasteiger partial charge in [-0.15, -0.1) is 16.8 Å². The van der Waals surface area contributed by atoms with Crippen molar-refractivity contribution >= 4 is 23.7 Å². The molecule has 1 aromatic heterocycles. The van der Waals surface area contributed by atoms with Crippen molar-refractivity contribution in [3.05, 3.63) is 42.5 Å². The Morgan fingerprint density at radius 2 is 2.07 bits per heavy atom. The van der Waals surface area contributed by atoms with E-state index in [1.165, 1.54) is 18.2 Å². The minimum absolute atomic E-state index is 0.155. The number of aromatic nitrogens is 3. The lowest BCUT2D eigenvalue weighted by atomic mass is 9.96. The van der Waals surface area contributed by atoms with E-state index in [2.05, 4.69) is 27.4 Å². The third kappa shape index (κ3) is 5.72. The zero-order chi connectivity index (χ0) is 21.5. The summed E-state index contributed by atoms with van der Waals surface area (Å²) in [6.07, 6.45) is 7.16. The number of carbonyl (C=O) groups is 2. The second kappa shape index (κ2) is 10.4. The average Bonchev–Trinajstić information content (AvgIpc) is 3.11. The number of allylic oxidation sites excluding steroid dienone is 1. The first-order chi connectivity index (χ1) is 14.5. The molecule has 3 rings (SSSR count). The summed E-state index contributed by atoms with van der Waals surface area (Å²) in [5, 5.41) is 14.1. The predicted octanol–water partition coefficient (Wildman–Crippen LogP) is 4.08. The van der Waals surface area contributed by atoms with Gasteiger partial charge in [0.05, 0.1) is 5.25 Å². The lowest BCUT2D eigenvalue weighted by molar-refractivity contribution is -0.119. The van der Waals surface area contributed by atoms with Crippen molar-refractivity contribution in [2.24, 2.45) is 0 Å². The van der Waals surface area contributed by atoms with E-state index in [0.717, 1.165) is 42.6 Å². The molecule has 0 saturated heterocycles. The molecule has 1 saturated carbocycles. The second-order valence-electron chi connectivity index (χ2n) is 7.63. The van der Waals surface area contributed by atoms with Gasteiger partial charge in [0, 0.05) is 18.2 Å². The van der Waals surface area contributed by atoms with Gasteiger partial charge in [0.25, 0.3) is 0 Å². The highest BCUT2D eigenvalue weighted by Gasteiger charge is 2.23. The summed E-state index contributed by atoms with van der Waals surface area (Å²) < 4.78 is 1.93. The van der Waals surface area contributed by atoms with Crippen molar-refractivity contribution in [1.82, 2.24) is 25.4 Å². The van der Waals surface area contributed by atoms with Crippen LogP contribution in [-0.4, -0.2) is 38.0 Å². The highest BCUT2D eigenvalue weighted by atomic mass is 32.2. The van der Waals surface area contributed by atoms with E-state index in [-0.39, 0.29) is 11.9 Å². The number of amides is 3. The fourth-order valence-electron chi connectivity index (χ4n) is 3.56. The molecule has 1 aromatic carbocycles. The SMILES string of the molecule is C=CCn1c(SC(C)C(=O)NC(=O)NC2CCCCC2)nnc1-c1cccc(C)c1. The fraction of sp³-hybridized carbons (Fsp3) is 0.455. The van der Waals surface area contributed by atoms with Gasteiger partial charge >= 0.3 is 6.03 Å². The first kappa shape index (κ1) is 22.1. The third-order valence-electron chi connectivity index (χ3n) is 5.13. The van der Waals surface area contributed by atoms with Crippen LogP contribution < -0.4 is 10.6 Å². The highest BCUT2D eigenvalue weighted by Crippen LogP contribution is 2.27. The number of hydrogen-bond donors (Lipinski definition) is 2. The fourth-order valence-corrected chi connectivity index (χ4v) is 4.42. The van der Waals surface area contributed by atoms with E-state index < -0.39 is 11.3 Å². The molecule has 1 heterocycles. The van der Waals surface area contributed by atoms with E-state index in [0.29, 0.717) is 11.7 Å². The monoisotopic (exact) mass is 427 g/mol. The number of imide groups is 1. The van der Waals surface area contributed by atoms with Crippen LogP contribution in [0.1, 0.15) is 44.6 Å². The molecule has 1 atom stereocenters. The normalized spacial score (nSPS) is 15.4. The molecule has 7 nitrogen and oxygen atoms in total. The lowest BCUT2D eigenvalue weighted by Gasteiger charge is -2.23. The van der Waals surface area contributed by atoms with Crippen LogP contribution >= 0.6 is 11.8 Å². The average molecular weight is 428 g/mol.